The van der Waals surface area contributed by atoms with Crippen LogP contribution in [0.1, 0.15) is 26.2 Å². The summed E-state index contributed by atoms with van der Waals surface area (Å²) in [7, 11) is 0. The number of halogens is 1. The average molecular weight is 236 g/mol. The lowest BCUT2D eigenvalue weighted by molar-refractivity contribution is -0.124. The normalized spacial score (nSPS) is 28.8. The zero-order valence-corrected chi connectivity index (χ0v) is 10.3. The molecule has 3 atom stereocenters. The fourth-order valence-corrected chi connectivity index (χ4v) is 2.84. The third kappa shape index (κ3) is 3.06. The number of amides is 1. The van der Waals surface area contributed by atoms with Crippen LogP contribution in [0.15, 0.2) is 0 Å². The van der Waals surface area contributed by atoms with E-state index in [4.69, 9.17) is 11.6 Å². The highest BCUT2D eigenvalue weighted by Gasteiger charge is 2.28. The van der Waals surface area contributed by atoms with Gasteiger partial charge < -0.3 is 5.32 Å². The van der Waals surface area contributed by atoms with Crippen molar-refractivity contribution in [2.75, 3.05) is 12.1 Å². The maximum Gasteiger partial charge on any atom is 0.224 e. The number of carbonyl (C=O) groups excluding carboxylic acids is 1. The summed E-state index contributed by atoms with van der Waals surface area (Å²) in [5, 5.41) is 3.68. The molecule has 82 valence electrons. The van der Waals surface area contributed by atoms with Gasteiger partial charge in [0.25, 0.3) is 0 Å². The highest BCUT2D eigenvalue weighted by molar-refractivity contribution is 7.99. The maximum atomic E-state index is 11.6. The molecule has 4 heteroatoms. The molecule has 14 heavy (non-hydrogen) atoms. The van der Waals surface area contributed by atoms with Crippen molar-refractivity contribution in [2.24, 2.45) is 5.92 Å². The maximum absolute atomic E-state index is 11.6. The first-order chi connectivity index (χ1) is 6.69. The molecule has 3 unspecified atom stereocenters. The lowest BCUT2D eigenvalue weighted by Gasteiger charge is -2.20. The van der Waals surface area contributed by atoms with Crippen LogP contribution in [0.2, 0.25) is 0 Å². The van der Waals surface area contributed by atoms with Crippen molar-refractivity contribution in [1.82, 2.24) is 5.32 Å². The zero-order chi connectivity index (χ0) is 10.6. The molecule has 1 saturated carbocycles. The van der Waals surface area contributed by atoms with E-state index >= 15 is 0 Å². The van der Waals surface area contributed by atoms with Gasteiger partial charge in [-0.15, -0.1) is 11.6 Å². The van der Waals surface area contributed by atoms with Crippen LogP contribution in [0.3, 0.4) is 0 Å². The van der Waals surface area contributed by atoms with Crippen molar-refractivity contribution in [2.45, 2.75) is 37.5 Å². The summed E-state index contributed by atoms with van der Waals surface area (Å²) in [6.07, 6.45) is 5.68. The minimum Gasteiger partial charge on any atom is -0.352 e. The molecule has 1 fully saturated rings. The summed E-state index contributed by atoms with van der Waals surface area (Å²) in [4.78, 5) is 11.6. The summed E-state index contributed by atoms with van der Waals surface area (Å²) in [6, 6.07) is 0.364. The van der Waals surface area contributed by atoms with Crippen molar-refractivity contribution in [3.8, 4) is 0 Å². The molecule has 0 aromatic rings. The highest BCUT2D eigenvalue weighted by atomic mass is 35.5. The van der Waals surface area contributed by atoms with Gasteiger partial charge in [0.2, 0.25) is 5.91 Å². The molecule has 1 rings (SSSR count). The summed E-state index contributed by atoms with van der Waals surface area (Å²) in [5.74, 6) is 0.438. The van der Waals surface area contributed by atoms with Crippen molar-refractivity contribution in [3.05, 3.63) is 0 Å². The van der Waals surface area contributed by atoms with E-state index in [1.165, 1.54) is 12.8 Å². The molecule has 0 bridgehead atoms. The lowest BCUT2D eigenvalue weighted by Crippen LogP contribution is -2.41. The number of nitrogens with one attached hydrogen (secondary N) is 1. The molecule has 0 aromatic heterocycles. The summed E-state index contributed by atoms with van der Waals surface area (Å²) < 4.78 is 0. The van der Waals surface area contributed by atoms with Crippen molar-refractivity contribution in [3.63, 3.8) is 0 Å². The van der Waals surface area contributed by atoms with Gasteiger partial charge in [0.1, 0.15) is 0 Å². The molecule has 0 aliphatic heterocycles. The molecule has 2 nitrogen and oxygen atoms in total. The Labute approximate surface area is 95.2 Å². The molecule has 0 spiro atoms. The predicted octanol–water partition coefficient (Wildman–Crippen LogP) is 2.26. The predicted molar refractivity (Wildman–Crippen MR) is 63.0 cm³/mol. The number of carbonyl (C=O) groups is 1. The van der Waals surface area contributed by atoms with Crippen LogP contribution in [0.5, 0.6) is 0 Å². The Bertz CT molecular complexity index is 201. The van der Waals surface area contributed by atoms with Crippen molar-refractivity contribution in [1.29, 1.82) is 0 Å². The minimum absolute atomic E-state index is 0.0697. The molecular weight excluding hydrogens is 218 g/mol. The summed E-state index contributed by atoms with van der Waals surface area (Å²) >= 11 is 7.49. The van der Waals surface area contributed by atoms with E-state index in [2.05, 4.69) is 11.6 Å². The molecule has 0 saturated heterocycles. The molecule has 1 N–H and O–H groups in total. The summed E-state index contributed by atoms with van der Waals surface area (Å²) in [6.45, 7) is 1.87. The fraction of sp³-hybridized carbons (Fsp3) is 0.900. The van der Waals surface area contributed by atoms with Crippen LogP contribution in [-0.4, -0.2) is 29.3 Å². The van der Waals surface area contributed by atoms with E-state index < -0.39 is 0 Å². The number of rotatable bonds is 4. The first-order valence-corrected chi connectivity index (χ1v) is 6.90. The minimum atomic E-state index is -0.0697. The SMILES string of the molecule is CSC1CCCC1NC(=O)C(C)CCl. The molecule has 0 heterocycles. The first-order valence-electron chi connectivity index (χ1n) is 5.08. The largest absolute Gasteiger partial charge is 0.352 e. The van der Waals surface area contributed by atoms with Crippen LogP contribution in [0.4, 0.5) is 0 Å². The molecule has 0 aromatic carbocycles. The average Bonchev–Trinajstić information content (AvgIpc) is 2.63. The lowest BCUT2D eigenvalue weighted by atomic mass is 10.1. The van der Waals surface area contributed by atoms with Crippen LogP contribution in [0.25, 0.3) is 0 Å². The van der Waals surface area contributed by atoms with E-state index in [-0.39, 0.29) is 11.8 Å². The Morgan fingerprint density at radius 2 is 2.36 bits per heavy atom. The van der Waals surface area contributed by atoms with Crippen molar-refractivity contribution < 1.29 is 4.79 Å². The van der Waals surface area contributed by atoms with E-state index in [0.717, 1.165) is 6.42 Å². The third-order valence-electron chi connectivity index (χ3n) is 2.76. The van der Waals surface area contributed by atoms with Gasteiger partial charge in [-0.05, 0) is 19.1 Å². The summed E-state index contributed by atoms with van der Waals surface area (Å²) in [5.41, 5.74) is 0. The number of hydrogen-bond donors (Lipinski definition) is 1. The van der Waals surface area contributed by atoms with E-state index in [1.54, 1.807) is 0 Å². The van der Waals surface area contributed by atoms with Gasteiger partial charge >= 0.3 is 0 Å². The van der Waals surface area contributed by atoms with Crippen LogP contribution in [-0.2, 0) is 4.79 Å². The van der Waals surface area contributed by atoms with Gasteiger partial charge in [-0.2, -0.15) is 11.8 Å². The Morgan fingerprint density at radius 1 is 1.64 bits per heavy atom. The number of thioether (sulfide) groups is 1. The Morgan fingerprint density at radius 3 is 2.93 bits per heavy atom. The van der Waals surface area contributed by atoms with Crippen LogP contribution in [0, 0.1) is 5.92 Å². The van der Waals surface area contributed by atoms with E-state index in [1.807, 2.05) is 18.7 Å². The smallest absolute Gasteiger partial charge is 0.224 e. The van der Waals surface area contributed by atoms with Crippen molar-refractivity contribution >= 4 is 29.3 Å². The second kappa shape index (κ2) is 5.86. The number of hydrogen-bond acceptors (Lipinski definition) is 2. The van der Waals surface area contributed by atoms with Gasteiger partial charge in [-0.25, -0.2) is 0 Å². The zero-order valence-electron chi connectivity index (χ0n) is 8.75. The third-order valence-corrected chi connectivity index (χ3v) is 4.39. The van der Waals surface area contributed by atoms with Gasteiger partial charge in [-0.3, -0.25) is 4.79 Å². The van der Waals surface area contributed by atoms with Gasteiger partial charge in [-0.1, -0.05) is 13.3 Å². The molecule has 0 radical (unpaired) electrons. The Hall–Kier alpha value is 0.110. The second-order valence-corrected chi connectivity index (χ2v) is 5.26. The monoisotopic (exact) mass is 235 g/mol. The highest BCUT2D eigenvalue weighted by Crippen LogP contribution is 2.28. The first kappa shape index (κ1) is 12.2. The fourth-order valence-electron chi connectivity index (χ4n) is 1.77. The topological polar surface area (TPSA) is 29.1 Å². The molecular formula is C10H18ClNOS. The molecule has 1 aliphatic rings. The Kier molecular flexibility index (Phi) is 5.10. The molecule has 1 amide bonds. The van der Waals surface area contributed by atoms with Crippen LogP contribution < -0.4 is 5.32 Å². The van der Waals surface area contributed by atoms with Crippen LogP contribution >= 0.6 is 23.4 Å². The molecule has 1 aliphatic carbocycles. The van der Waals surface area contributed by atoms with E-state index in [9.17, 15) is 4.79 Å². The van der Waals surface area contributed by atoms with Gasteiger partial charge in [0.15, 0.2) is 0 Å². The van der Waals surface area contributed by atoms with Gasteiger partial charge in [0.05, 0.1) is 0 Å². The number of alkyl halides is 1. The van der Waals surface area contributed by atoms with E-state index in [0.29, 0.717) is 17.2 Å². The Balaban J connectivity index is 2.39. The van der Waals surface area contributed by atoms with Gasteiger partial charge in [0, 0.05) is 23.1 Å². The quantitative estimate of drug-likeness (QED) is 0.758. The second-order valence-electron chi connectivity index (χ2n) is 3.88. The standard InChI is InChI=1S/C10H18ClNOS/c1-7(6-11)10(13)12-8-4-3-5-9(8)14-2/h7-9H,3-6H2,1-2H3,(H,12,13).